The summed E-state index contributed by atoms with van der Waals surface area (Å²) in [5, 5.41) is 5.30. The van der Waals surface area contributed by atoms with Crippen molar-refractivity contribution < 1.29 is 4.42 Å². The van der Waals surface area contributed by atoms with E-state index in [-0.39, 0.29) is 6.04 Å². The van der Waals surface area contributed by atoms with E-state index in [9.17, 15) is 0 Å². The molecule has 110 valence electrons. The summed E-state index contributed by atoms with van der Waals surface area (Å²) >= 11 is 6.18. The summed E-state index contributed by atoms with van der Waals surface area (Å²) in [6.07, 6.45) is 2.13. The molecule has 0 spiro atoms. The van der Waals surface area contributed by atoms with Crippen LogP contribution in [0.3, 0.4) is 0 Å². The zero-order valence-corrected chi connectivity index (χ0v) is 13.2. The van der Waals surface area contributed by atoms with Crippen molar-refractivity contribution in [3.05, 3.63) is 35.0 Å². The summed E-state index contributed by atoms with van der Waals surface area (Å²) < 4.78 is 5.98. The fraction of sp³-hybridized carbons (Fsp3) is 0.500. The van der Waals surface area contributed by atoms with Crippen LogP contribution in [0.1, 0.15) is 31.6 Å². The fourth-order valence-corrected chi connectivity index (χ4v) is 2.49. The highest BCUT2D eigenvalue weighted by atomic mass is 35.5. The van der Waals surface area contributed by atoms with E-state index in [1.807, 2.05) is 18.2 Å². The Labute approximate surface area is 125 Å². The molecule has 0 saturated heterocycles. The molecule has 20 heavy (non-hydrogen) atoms. The number of nitrogens with one attached hydrogen (secondary N) is 1. The predicted molar refractivity (Wildman–Crippen MR) is 85.4 cm³/mol. The van der Waals surface area contributed by atoms with Crippen LogP contribution in [-0.4, -0.2) is 32.1 Å². The van der Waals surface area contributed by atoms with E-state index in [0.29, 0.717) is 5.02 Å². The molecular weight excluding hydrogens is 272 g/mol. The van der Waals surface area contributed by atoms with Gasteiger partial charge in [0.2, 0.25) is 0 Å². The van der Waals surface area contributed by atoms with Crippen LogP contribution in [-0.2, 0) is 0 Å². The van der Waals surface area contributed by atoms with Gasteiger partial charge in [-0.1, -0.05) is 30.7 Å². The van der Waals surface area contributed by atoms with E-state index in [1.165, 1.54) is 0 Å². The quantitative estimate of drug-likeness (QED) is 0.834. The van der Waals surface area contributed by atoms with Gasteiger partial charge in [0.15, 0.2) is 5.58 Å². The number of para-hydroxylation sites is 1. The minimum absolute atomic E-state index is 0.237. The van der Waals surface area contributed by atoms with Crippen LogP contribution in [0.25, 0.3) is 11.0 Å². The van der Waals surface area contributed by atoms with E-state index < -0.39 is 0 Å². The van der Waals surface area contributed by atoms with Crippen LogP contribution in [0.15, 0.2) is 28.7 Å². The Morgan fingerprint density at radius 1 is 1.35 bits per heavy atom. The van der Waals surface area contributed by atoms with Crippen LogP contribution in [0.2, 0.25) is 5.02 Å². The lowest BCUT2D eigenvalue weighted by Crippen LogP contribution is -2.26. The molecule has 1 aromatic heterocycles. The van der Waals surface area contributed by atoms with Gasteiger partial charge in [0.25, 0.3) is 0 Å². The lowest BCUT2D eigenvalue weighted by molar-refractivity contribution is 0.337. The molecule has 1 atom stereocenters. The summed E-state index contributed by atoms with van der Waals surface area (Å²) in [7, 11) is 4.18. The molecule has 0 fully saturated rings. The molecule has 0 radical (unpaired) electrons. The second kappa shape index (κ2) is 7.11. The van der Waals surface area contributed by atoms with Gasteiger partial charge in [-0.2, -0.15) is 0 Å². The molecule has 4 heteroatoms. The molecule has 2 rings (SSSR count). The third kappa shape index (κ3) is 3.75. The summed E-state index contributed by atoms with van der Waals surface area (Å²) in [4.78, 5) is 2.19. The highest BCUT2D eigenvalue weighted by Gasteiger charge is 2.16. The maximum absolute atomic E-state index is 6.18. The average Bonchev–Trinajstić information content (AvgIpc) is 2.84. The summed E-state index contributed by atoms with van der Waals surface area (Å²) in [5.41, 5.74) is 0.789. The van der Waals surface area contributed by atoms with Gasteiger partial charge in [-0.25, -0.2) is 0 Å². The Kier molecular flexibility index (Phi) is 5.46. The molecule has 3 nitrogen and oxygen atoms in total. The predicted octanol–water partition coefficient (Wildman–Crippen LogP) is 4.08. The zero-order chi connectivity index (χ0) is 14.5. The number of rotatable bonds is 7. The standard InChI is InChI=1S/C16H23ClN2O/c1-4-9-18-14(8-10-19(2)3)15-11-12-6-5-7-13(17)16(12)20-15/h5-7,11,14,18H,4,8-10H2,1-3H3. The van der Waals surface area contributed by atoms with Gasteiger partial charge in [-0.3, -0.25) is 0 Å². The second-order valence-electron chi connectivity index (χ2n) is 5.41. The average molecular weight is 295 g/mol. The Hall–Kier alpha value is -1.03. The van der Waals surface area contributed by atoms with E-state index in [4.69, 9.17) is 16.0 Å². The molecule has 0 bridgehead atoms. The van der Waals surface area contributed by atoms with Gasteiger partial charge in [0.1, 0.15) is 5.76 Å². The zero-order valence-electron chi connectivity index (χ0n) is 12.4. The number of fused-ring (bicyclic) bond motifs is 1. The van der Waals surface area contributed by atoms with Crippen LogP contribution >= 0.6 is 11.6 Å². The second-order valence-corrected chi connectivity index (χ2v) is 5.81. The maximum Gasteiger partial charge on any atom is 0.152 e. The molecule has 0 aliphatic rings. The molecule has 1 aromatic carbocycles. The first kappa shape index (κ1) is 15.4. The van der Waals surface area contributed by atoms with Crippen molar-refractivity contribution in [1.29, 1.82) is 0 Å². The first-order valence-corrected chi connectivity index (χ1v) is 7.55. The van der Waals surface area contributed by atoms with Crippen molar-refractivity contribution in [2.24, 2.45) is 0 Å². The van der Waals surface area contributed by atoms with Gasteiger partial charge in [-0.15, -0.1) is 0 Å². The van der Waals surface area contributed by atoms with E-state index in [0.717, 1.165) is 42.7 Å². The fourth-order valence-electron chi connectivity index (χ4n) is 2.27. The van der Waals surface area contributed by atoms with Crippen molar-refractivity contribution in [2.75, 3.05) is 27.2 Å². The molecule has 1 N–H and O–H groups in total. The van der Waals surface area contributed by atoms with E-state index >= 15 is 0 Å². The number of hydrogen-bond donors (Lipinski definition) is 1. The van der Waals surface area contributed by atoms with Gasteiger partial charge >= 0.3 is 0 Å². The number of nitrogens with zero attached hydrogens (tertiary/aromatic N) is 1. The number of hydrogen-bond acceptors (Lipinski definition) is 3. The third-order valence-corrected chi connectivity index (χ3v) is 3.66. The Morgan fingerprint density at radius 2 is 2.15 bits per heavy atom. The highest BCUT2D eigenvalue weighted by Crippen LogP contribution is 2.30. The minimum atomic E-state index is 0.237. The van der Waals surface area contributed by atoms with Crippen molar-refractivity contribution in [3.8, 4) is 0 Å². The molecule has 0 amide bonds. The van der Waals surface area contributed by atoms with Crippen molar-refractivity contribution in [1.82, 2.24) is 10.2 Å². The molecule has 0 aliphatic heterocycles. The Bertz CT molecular complexity index is 550. The molecule has 0 aliphatic carbocycles. The number of halogens is 1. The lowest BCUT2D eigenvalue weighted by Gasteiger charge is -2.18. The smallest absolute Gasteiger partial charge is 0.152 e. The summed E-state index contributed by atoms with van der Waals surface area (Å²) in [6, 6.07) is 8.20. The largest absolute Gasteiger partial charge is 0.458 e. The lowest BCUT2D eigenvalue weighted by atomic mass is 10.1. The van der Waals surface area contributed by atoms with Crippen LogP contribution < -0.4 is 5.32 Å². The molecular formula is C16H23ClN2O. The van der Waals surface area contributed by atoms with Crippen molar-refractivity contribution >= 4 is 22.6 Å². The maximum atomic E-state index is 6.18. The normalized spacial score (nSPS) is 13.2. The first-order chi connectivity index (χ1) is 9.61. The number of benzene rings is 1. The van der Waals surface area contributed by atoms with E-state index in [2.05, 4.69) is 37.3 Å². The summed E-state index contributed by atoms with van der Waals surface area (Å²) in [6.45, 7) is 4.18. The molecule has 1 heterocycles. The third-order valence-electron chi connectivity index (χ3n) is 3.36. The molecule has 0 saturated carbocycles. The van der Waals surface area contributed by atoms with Crippen molar-refractivity contribution in [3.63, 3.8) is 0 Å². The monoisotopic (exact) mass is 294 g/mol. The van der Waals surface area contributed by atoms with Crippen molar-refractivity contribution in [2.45, 2.75) is 25.8 Å². The van der Waals surface area contributed by atoms with Gasteiger partial charge in [0.05, 0.1) is 11.1 Å². The SMILES string of the molecule is CCCNC(CCN(C)C)c1cc2cccc(Cl)c2o1. The summed E-state index contributed by atoms with van der Waals surface area (Å²) in [5.74, 6) is 0.975. The van der Waals surface area contributed by atoms with Gasteiger partial charge in [-0.05, 0) is 52.2 Å². The van der Waals surface area contributed by atoms with Gasteiger partial charge < -0.3 is 14.6 Å². The molecule has 1 unspecified atom stereocenters. The minimum Gasteiger partial charge on any atom is -0.458 e. The Morgan fingerprint density at radius 3 is 2.80 bits per heavy atom. The van der Waals surface area contributed by atoms with Crippen LogP contribution in [0, 0.1) is 0 Å². The topological polar surface area (TPSA) is 28.4 Å². The van der Waals surface area contributed by atoms with E-state index in [1.54, 1.807) is 0 Å². The first-order valence-electron chi connectivity index (χ1n) is 7.18. The Balaban J connectivity index is 2.22. The number of furan rings is 1. The molecule has 2 aromatic rings. The van der Waals surface area contributed by atoms with Crippen LogP contribution in [0.5, 0.6) is 0 Å². The van der Waals surface area contributed by atoms with Crippen LogP contribution in [0.4, 0.5) is 0 Å². The van der Waals surface area contributed by atoms with Gasteiger partial charge in [0, 0.05) is 5.39 Å². The highest BCUT2D eigenvalue weighted by molar-refractivity contribution is 6.34.